The third-order valence-corrected chi connectivity index (χ3v) is 13.2. The van der Waals surface area contributed by atoms with Crippen molar-refractivity contribution in [3.05, 3.63) is 57.6 Å². The summed E-state index contributed by atoms with van der Waals surface area (Å²) in [6, 6.07) is 9.09. The van der Waals surface area contributed by atoms with E-state index in [2.05, 4.69) is 121 Å². The second-order valence-electron chi connectivity index (χ2n) is 16.6. The molecule has 0 saturated carbocycles. The average Bonchev–Trinajstić information content (AvgIpc) is 3.04. The molecule has 0 N–H and O–H groups in total. The maximum Gasteiger partial charge on any atom is 0.397 e. The zero-order valence-electron chi connectivity index (χ0n) is 31.8. The Labute approximate surface area is 289 Å². The smallest absolute Gasteiger partial charge is 0.397 e. The lowest BCUT2D eigenvalue weighted by atomic mass is 9.75. The highest BCUT2D eigenvalue weighted by Gasteiger charge is 2.46. The third-order valence-electron chi connectivity index (χ3n) is 11.2. The predicted octanol–water partition coefficient (Wildman–Crippen LogP) is 12.0. The Morgan fingerprint density at radius 2 is 0.745 bits per heavy atom. The van der Waals surface area contributed by atoms with Gasteiger partial charge in [0.2, 0.25) is 0 Å². The molecule has 0 unspecified atom stereocenters. The number of benzene rings is 2. The maximum atomic E-state index is 6.72. The van der Waals surface area contributed by atoms with Crippen molar-refractivity contribution in [3.63, 3.8) is 0 Å². The van der Waals surface area contributed by atoms with Crippen LogP contribution in [0.1, 0.15) is 142 Å². The molecular formula is C39H62O6P2. The Kier molecular flexibility index (Phi) is 11.9. The van der Waals surface area contributed by atoms with Gasteiger partial charge in [-0.3, -0.25) is 0 Å². The standard InChI is InChI=1S/C39H62O6P2/c1-15-35(7,8)29-19-27(5)20-30(36(9,10)16-2)33(29)44-46-40-23-39(24-41-46)25-42-47(43-26-39)45-34-31(37(11,12)17-3)21-28(6)22-32(34)38(13,14)18-4/h19-22H,15-18,23-26H2,1-14H3. The van der Waals surface area contributed by atoms with Gasteiger partial charge < -0.3 is 27.1 Å². The summed E-state index contributed by atoms with van der Waals surface area (Å²) in [7, 11) is -3.15. The fourth-order valence-electron chi connectivity index (χ4n) is 5.85. The van der Waals surface area contributed by atoms with E-state index in [9.17, 15) is 0 Å². The van der Waals surface area contributed by atoms with Gasteiger partial charge in [-0.05, 0) is 61.2 Å². The molecule has 2 fully saturated rings. The van der Waals surface area contributed by atoms with E-state index >= 15 is 0 Å². The zero-order chi connectivity index (χ0) is 35.0. The van der Waals surface area contributed by atoms with Crippen molar-refractivity contribution >= 4 is 17.2 Å². The van der Waals surface area contributed by atoms with Crippen molar-refractivity contribution in [2.24, 2.45) is 5.41 Å². The monoisotopic (exact) mass is 688 g/mol. The molecule has 0 aromatic heterocycles. The topological polar surface area (TPSA) is 55.4 Å². The summed E-state index contributed by atoms with van der Waals surface area (Å²) >= 11 is 0. The Morgan fingerprint density at radius 3 is 0.957 bits per heavy atom. The second kappa shape index (κ2) is 14.5. The van der Waals surface area contributed by atoms with Gasteiger partial charge in [-0.2, -0.15) is 0 Å². The van der Waals surface area contributed by atoms with Crippen molar-refractivity contribution < 1.29 is 27.1 Å². The van der Waals surface area contributed by atoms with Crippen molar-refractivity contribution in [3.8, 4) is 11.5 Å². The summed E-state index contributed by atoms with van der Waals surface area (Å²) < 4.78 is 38.9. The van der Waals surface area contributed by atoms with E-state index in [1.165, 1.54) is 33.4 Å². The van der Waals surface area contributed by atoms with Crippen molar-refractivity contribution in [1.29, 1.82) is 0 Å². The lowest BCUT2D eigenvalue weighted by Gasteiger charge is -2.42. The van der Waals surface area contributed by atoms with Crippen molar-refractivity contribution in [2.45, 2.75) is 144 Å². The molecule has 0 amide bonds. The normalized spacial score (nSPS) is 22.9. The van der Waals surface area contributed by atoms with E-state index in [-0.39, 0.29) is 21.7 Å². The molecule has 2 aromatic carbocycles. The van der Waals surface area contributed by atoms with Crippen LogP contribution in [0.15, 0.2) is 24.3 Å². The van der Waals surface area contributed by atoms with Gasteiger partial charge in [0, 0.05) is 22.3 Å². The molecule has 0 atom stereocenters. The van der Waals surface area contributed by atoms with E-state index in [0.29, 0.717) is 26.4 Å². The molecule has 6 nitrogen and oxygen atoms in total. The van der Waals surface area contributed by atoms with Crippen LogP contribution in [0, 0.1) is 19.3 Å². The molecule has 0 bridgehead atoms. The highest BCUT2D eigenvalue weighted by Crippen LogP contribution is 2.57. The largest absolute Gasteiger partial charge is 0.426 e. The number of hydrogen-bond acceptors (Lipinski definition) is 6. The SMILES string of the molecule is CCC(C)(C)c1cc(C)cc(C(C)(C)CC)c1OP1OCC2(CO1)COP(Oc1c(C(C)(C)CC)cc(C)cc1C(C)(C)CC)OC2. The van der Waals surface area contributed by atoms with Crippen LogP contribution in [0.2, 0.25) is 0 Å². The summed E-state index contributed by atoms with van der Waals surface area (Å²) in [4.78, 5) is 0. The van der Waals surface area contributed by atoms with Gasteiger partial charge in [-0.1, -0.05) is 118 Å². The van der Waals surface area contributed by atoms with Gasteiger partial charge in [-0.15, -0.1) is 0 Å². The minimum Gasteiger partial charge on any atom is -0.426 e. The van der Waals surface area contributed by atoms with Crippen LogP contribution in [-0.4, -0.2) is 26.4 Å². The van der Waals surface area contributed by atoms with Crippen molar-refractivity contribution in [1.82, 2.24) is 0 Å². The second-order valence-corrected chi connectivity index (χ2v) is 18.8. The molecule has 1 spiro atoms. The summed E-state index contributed by atoms with van der Waals surface area (Å²) in [6.45, 7) is 33.3. The van der Waals surface area contributed by atoms with E-state index in [1.807, 2.05) is 0 Å². The lowest BCUT2D eigenvalue weighted by molar-refractivity contribution is -0.0674. The van der Waals surface area contributed by atoms with Crippen LogP contribution in [0.5, 0.6) is 11.5 Å². The molecule has 2 aliphatic heterocycles. The minimum absolute atomic E-state index is 0.0512. The molecule has 0 aliphatic carbocycles. The summed E-state index contributed by atoms with van der Waals surface area (Å²) in [5.41, 5.74) is 6.75. The Morgan fingerprint density at radius 1 is 0.511 bits per heavy atom. The van der Waals surface area contributed by atoms with Gasteiger partial charge in [0.05, 0.1) is 31.8 Å². The number of rotatable bonds is 12. The van der Waals surface area contributed by atoms with Crippen molar-refractivity contribution in [2.75, 3.05) is 26.4 Å². The highest BCUT2D eigenvalue weighted by molar-refractivity contribution is 7.42. The van der Waals surface area contributed by atoms with Crippen LogP contribution in [0.4, 0.5) is 0 Å². The summed E-state index contributed by atoms with van der Waals surface area (Å²) in [6.07, 6.45) is 4.00. The van der Waals surface area contributed by atoms with Crippen LogP contribution in [-0.2, 0) is 39.8 Å². The van der Waals surface area contributed by atoms with Crippen LogP contribution < -0.4 is 9.05 Å². The van der Waals surface area contributed by atoms with Gasteiger partial charge in [0.25, 0.3) is 0 Å². The van der Waals surface area contributed by atoms with E-state index in [4.69, 9.17) is 27.1 Å². The first-order chi connectivity index (χ1) is 21.8. The average molecular weight is 689 g/mol. The Bertz CT molecular complexity index is 1200. The summed E-state index contributed by atoms with van der Waals surface area (Å²) in [5, 5.41) is 0. The van der Waals surface area contributed by atoms with E-state index in [0.717, 1.165) is 37.2 Å². The first-order valence-corrected chi connectivity index (χ1v) is 19.8. The molecular weight excluding hydrogens is 626 g/mol. The molecule has 2 saturated heterocycles. The van der Waals surface area contributed by atoms with E-state index < -0.39 is 22.6 Å². The molecule has 264 valence electrons. The van der Waals surface area contributed by atoms with Crippen LogP contribution in [0.25, 0.3) is 0 Å². The van der Waals surface area contributed by atoms with Gasteiger partial charge in [0.1, 0.15) is 11.5 Å². The molecule has 8 heteroatoms. The fourth-order valence-corrected chi connectivity index (χ4v) is 8.42. The first-order valence-electron chi connectivity index (χ1n) is 17.6. The van der Waals surface area contributed by atoms with Crippen LogP contribution >= 0.6 is 17.2 Å². The maximum absolute atomic E-state index is 6.72. The first kappa shape index (κ1) is 38.5. The Hall–Kier alpha value is -1.26. The summed E-state index contributed by atoms with van der Waals surface area (Å²) in [5.74, 6) is 1.83. The number of aryl methyl sites for hydroxylation is 2. The number of hydrogen-bond donors (Lipinski definition) is 0. The minimum atomic E-state index is -1.58. The van der Waals surface area contributed by atoms with E-state index in [1.54, 1.807) is 0 Å². The molecule has 2 aliphatic rings. The third kappa shape index (κ3) is 8.38. The molecule has 0 radical (unpaired) electrons. The fraction of sp³-hybridized carbons (Fsp3) is 0.692. The van der Waals surface area contributed by atoms with Gasteiger partial charge >= 0.3 is 17.2 Å². The quantitative estimate of drug-likeness (QED) is 0.207. The lowest BCUT2D eigenvalue weighted by Crippen LogP contribution is -2.45. The molecule has 47 heavy (non-hydrogen) atoms. The van der Waals surface area contributed by atoms with Gasteiger partial charge in [-0.25, -0.2) is 0 Å². The molecule has 2 aromatic rings. The zero-order valence-corrected chi connectivity index (χ0v) is 33.6. The van der Waals surface area contributed by atoms with Crippen LogP contribution in [0.3, 0.4) is 0 Å². The molecule has 4 rings (SSSR count). The predicted molar refractivity (Wildman–Crippen MR) is 197 cm³/mol. The Balaban J connectivity index is 1.50. The van der Waals surface area contributed by atoms with Gasteiger partial charge in [0.15, 0.2) is 0 Å². The highest BCUT2D eigenvalue weighted by atomic mass is 31.2. The molecule has 2 heterocycles.